The van der Waals surface area contributed by atoms with E-state index in [-0.39, 0.29) is 18.0 Å². The largest absolute Gasteiger partial charge is 0.496 e. The Labute approximate surface area is 108 Å². The number of benzene rings is 1. The molecule has 0 atom stereocenters. The standard InChI is InChI=1S/C14H20O4/c1-14(2,3)18-9-10(15)13-11(16-4)7-6-8-12(13)17-5/h6-8H,9H2,1-5H3. The molecule has 0 bridgehead atoms. The maximum Gasteiger partial charge on any atom is 0.195 e. The Balaban J connectivity index is 2.96. The molecule has 100 valence electrons. The highest BCUT2D eigenvalue weighted by atomic mass is 16.5. The van der Waals surface area contributed by atoms with Gasteiger partial charge in [0.2, 0.25) is 0 Å². The lowest BCUT2D eigenvalue weighted by atomic mass is 10.1. The first-order valence-electron chi connectivity index (χ1n) is 5.77. The summed E-state index contributed by atoms with van der Waals surface area (Å²) in [6.07, 6.45) is 0. The van der Waals surface area contributed by atoms with Crippen LogP contribution in [0.25, 0.3) is 0 Å². The van der Waals surface area contributed by atoms with E-state index in [1.165, 1.54) is 14.2 Å². The molecule has 18 heavy (non-hydrogen) atoms. The van der Waals surface area contributed by atoms with Crippen molar-refractivity contribution in [2.45, 2.75) is 26.4 Å². The summed E-state index contributed by atoms with van der Waals surface area (Å²) in [5.74, 6) is 0.841. The van der Waals surface area contributed by atoms with E-state index in [2.05, 4.69) is 0 Å². The average molecular weight is 252 g/mol. The molecule has 1 aromatic carbocycles. The highest BCUT2D eigenvalue weighted by Crippen LogP contribution is 2.28. The van der Waals surface area contributed by atoms with Crippen LogP contribution in [0.15, 0.2) is 18.2 Å². The van der Waals surface area contributed by atoms with Crippen LogP contribution < -0.4 is 9.47 Å². The lowest BCUT2D eigenvalue weighted by Gasteiger charge is -2.19. The molecule has 0 aliphatic carbocycles. The third kappa shape index (κ3) is 3.74. The van der Waals surface area contributed by atoms with Crippen molar-refractivity contribution in [3.63, 3.8) is 0 Å². The minimum absolute atomic E-state index is 0.000231. The van der Waals surface area contributed by atoms with E-state index in [1.807, 2.05) is 20.8 Å². The zero-order valence-corrected chi connectivity index (χ0v) is 11.6. The molecule has 0 amide bonds. The van der Waals surface area contributed by atoms with Gasteiger partial charge in [0.15, 0.2) is 5.78 Å². The summed E-state index contributed by atoms with van der Waals surface area (Å²) in [6, 6.07) is 5.23. The van der Waals surface area contributed by atoms with Gasteiger partial charge in [-0.15, -0.1) is 0 Å². The van der Waals surface area contributed by atoms with Crippen LogP contribution in [0.5, 0.6) is 11.5 Å². The van der Waals surface area contributed by atoms with Crippen LogP contribution in [0.4, 0.5) is 0 Å². The third-order valence-corrected chi connectivity index (χ3v) is 2.34. The van der Waals surface area contributed by atoms with Gasteiger partial charge in [-0.1, -0.05) is 6.07 Å². The van der Waals surface area contributed by atoms with Gasteiger partial charge in [0, 0.05) is 0 Å². The van der Waals surface area contributed by atoms with Crippen LogP contribution in [0, 0.1) is 0 Å². The van der Waals surface area contributed by atoms with E-state index in [0.29, 0.717) is 17.1 Å². The number of carbonyl (C=O) groups excluding carboxylic acids is 1. The Morgan fingerprint density at radius 2 is 1.61 bits per heavy atom. The Kier molecular flexibility index (Phi) is 4.73. The zero-order chi connectivity index (χ0) is 13.8. The van der Waals surface area contributed by atoms with Crippen LogP contribution in [0.3, 0.4) is 0 Å². The first-order valence-corrected chi connectivity index (χ1v) is 5.77. The van der Waals surface area contributed by atoms with Crippen LogP contribution in [-0.2, 0) is 4.74 Å². The highest BCUT2D eigenvalue weighted by molar-refractivity contribution is 6.02. The number of ketones is 1. The number of carbonyl (C=O) groups is 1. The van der Waals surface area contributed by atoms with Crippen LogP contribution in [-0.4, -0.2) is 32.2 Å². The molecule has 1 rings (SSSR count). The van der Waals surface area contributed by atoms with Crippen LogP contribution >= 0.6 is 0 Å². The normalized spacial score (nSPS) is 11.2. The van der Waals surface area contributed by atoms with Gasteiger partial charge in [-0.2, -0.15) is 0 Å². The SMILES string of the molecule is COc1cccc(OC)c1C(=O)COC(C)(C)C. The summed E-state index contributed by atoms with van der Waals surface area (Å²) in [6.45, 7) is 5.71. The van der Waals surface area contributed by atoms with Gasteiger partial charge in [0.1, 0.15) is 23.7 Å². The molecule has 0 saturated heterocycles. The molecular weight excluding hydrogens is 232 g/mol. The van der Waals surface area contributed by atoms with E-state index < -0.39 is 0 Å². The van der Waals surface area contributed by atoms with Crippen molar-refractivity contribution in [3.8, 4) is 11.5 Å². The summed E-state index contributed by atoms with van der Waals surface area (Å²) in [5.41, 5.74) is 0.0667. The van der Waals surface area contributed by atoms with E-state index in [1.54, 1.807) is 18.2 Å². The van der Waals surface area contributed by atoms with Crippen LogP contribution in [0.1, 0.15) is 31.1 Å². The first kappa shape index (κ1) is 14.5. The molecule has 0 radical (unpaired) electrons. The van der Waals surface area contributed by atoms with Gasteiger partial charge < -0.3 is 14.2 Å². The Morgan fingerprint density at radius 1 is 1.11 bits per heavy atom. The monoisotopic (exact) mass is 252 g/mol. The average Bonchev–Trinajstić information content (AvgIpc) is 2.33. The summed E-state index contributed by atoms with van der Waals surface area (Å²) < 4.78 is 15.9. The molecule has 0 heterocycles. The number of Topliss-reactive ketones (excluding diaryl/α,β-unsaturated/α-hetero) is 1. The zero-order valence-electron chi connectivity index (χ0n) is 11.6. The van der Waals surface area contributed by atoms with E-state index in [9.17, 15) is 4.79 Å². The predicted molar refractivity (Wildman–Crippen MR) is 69.6 cm³/mol. The third-order valence-electron chi connectivity index (χ3n) is 2.34. The second kappa shape index (κ2) is 5.87. The molecule has 0 unspecified atom stereocenters. The predicted octanol–water partition coefficient (Wildman–Crippen LogP) is 2.70. The topological polar surface area (TPSA) is 44.8 Å². The second-order valence-electron chi connectivity index (χ2n) is 4.86. The maximum atomic E-state index is 12.2. The molecule has 0 saturated carbocycles. The first-order chi connectivity index (χ1) is 8.39. The van der Waals surface area contributed by atoms with E-state index in [0.717, 1.165) is 0 Å². The molecule has 0 aromatic heterocycles. The maximum absolute atomic E-state index is 12.2. The van der Waals surface area contributed by atoms with Crippen molar-refractivity contribution in [1.29, 1.82) is 0 Å². The van der Waals surface area contributed by atoms with Crippen molar-refractivity contribution < 1.29 is 19.0 Å². The van der Waals surface area contributed by atoms with E-state index >= 15 is 0 Å². The highest BCUT2D eigenvalue weighted by Gasteiger charge is 2.20. The molecule has 0 spiro atoms. The molecule has 4 heteroatoms. The minimum Gasteiger partial charge on any atom is -0.496 e. The number of rotatable bonds is 5. The molecule has 0 aliphatic rings. The minimum atomic E-state index is -0.356. The fourth-order valence-corrected chi connectivity index (χ4v) is 1.48. The number of hydrogen-bond donors (Lipinski definition) is 0. The molecule has 0 fully saturated rings. The lowest BCUT2D eigenvalue weighted by molar-refractivity contribution is 0.00285. The fourth-order valence-electron chi connectivity index (χ4n) is 1.48. The molecule has 1 aromatic rings. The number of hydrogen-bond acceptors (Lipinski definition) is 4. The van der Waals surface area contributed by atoms with Crippen molar-refractivity contribution in [2.24, 2.45) is 0 Å². The molecular formula is C14H20O4. The van der Waals surface area contributed by atoms with Crippen molar-refractivity contribution >= 4 is 5.78 Å². The van der Waals surface area contributed by atoms with Crippen molar-refractivity contribution in [1.82, 2.24) is 0 Å². The fraction of sp³-hybridized carbons (Fsp3) is 0.500. The van der Waals surface area contributed by atoms with Gasteiger partial charge in [0.25, 0.3) is 0 Å². The Bertz CT molecular complexity index is 396. The van der Waals surface area contributed by atoms with Gasteiger partial charge in [-0.25, -0.2) is 0 Å². The summed E-state index contributed by atoms with van der Waals surface area (Å²) in [4.78, 5) is 12.2. The smallest absolute Gasteiger partial charge is 0.195 e. The van der Waals surface area contributed by atoms with Crippen molar-refractivity contribution in [2.75, 3.05) is 20.8 Å². The Morgan fingerprint density at radius 3 is 2.00 bits per heavy atom. The van der Waals surface area contributed by atoms with Gasteiger partial charge in [0.05, 0.1) is 19.8 Å². The van der Waals surface area contributed by atoms with Gasteiger partial charge >= 0.3 is 0 Å². The Hall–Kier alpha value is -1.55. The second-order valence-corrected chi connectivity index (χ2v) is 4.86. The quantitative estimate of drug-likeness (QED) is 0.756. The molecule has 0 N–H and O–H groups in total. The van der Waals surface area contributed by atoms with Gasteiger partial charge in [-0.05, 0) is 32.9 Å². The lowest BCUT2D eigenvalue weighted by Crippen LogP contribution is -2.24. The number of methoxy groups -OCH3 is 2. The van der Waals surface area contributed by atoms with Gasteiger partial charge in [-0.3, -0.25) is 4.79 Å². The number of ether oxygens (including phenoxy) is 3. The molecule has 0 aliphatic heterocycles. The molecule has 4 nitrogen and oxygen atoms in total. The summed E-state index contributed by atoms with van der Waals surface area (Å²) in [5, 5.41) is 0. The summed E-state index contributed by atoms with van der Waals surface area (Å²) >= 11 is 0. The van der Waals surface area contributed by atoms with E-state index in [4.69, 9.17) is 14.2 Å². The summed E-state index contributed by atoms with van der Waals surface area (Å²) in [7, 11) is 3.05. The van der Waals surface area contributed by atoms with Crippen molar-refractivity contribution in [3.05, 3.63) is 23.8 Å². The van der Waals surface area contributed by atoms with Crippen LogP contribution in [0.2, 0.25) is 0 Å².